The van der Waals surface area contributed by atoms with Gasteiger partial charge in [0.25, 0.3) is 0 Å². The van der Waals surface area contributed by atoms with Crippen LogP contribution in [0.5, 0.6) is 11.5 Å². The molecule has 0 saturated heterocycles. The first kappa shape index (κ1) is 23.8. The molecule has 0 aliphatic carbocycles. The van der Waals surface area contributed by atoms with Crippen LogP contribution in [0.3, 0.4) is 0 Å². The van der Waals surface area contributed by atoms with Gasteiger partial charge in [0.1, 0.15) is 29.0 Å². The maximum absolute atomic E-state index is 10.1. The van der Waals surface area contributed by atoms with Crippen molar-refractivity contribution in [1.29, 1.82) is 10.5 Å². The van der Waals surface area contributed by atoms with Gasteiger partial charge in [0.05, 0.1) is 23.8 Å². The SMILES string of the molecule is CCCCCOc1c(C#N)c(C#N)c(OCCCCC)c2c1Sc1ccccc1N2CC. The molecule has 32 heavy (non-hydrogen) atoms. The third-order valence-electron chi connectivity index (χ3n) is 5.51. The van der Waals surface area contributed by atoms with E-state index in [1.807, 2.05) is 12.1 Å². The molecule has 0 unspecified atom stereocenters. The highest BCUT2D eigenvalue weighted by Crippen LogP contribution is 2.57. The van der Waals surface area contributed by atoms with Gasteiger partial charge >= 0.3 is 0 Å². The second-order valence-electron chi connectivity index (χ2n) is 7.73. The van der Waals surface area contributed by atoms with Gasteiger partial charge in [0.15, 0.2) is 11.5 Å². The van der Waals surface area contributed by atoms with Crippen molar-refractivity contribution in [1.82, 2.24) is 0 Å². The number of para-hydroxylation sites is 1. The van der Waals surface area contributed by atoms with Crippen molar-refractivity contribution in [2.24, 2.45) is 0 Å². The zero-order valence-corrected chi connectivity index (χ0v) is 20.1. The Morgan fingerprint density at radius 2 is 1.44 bits per heavy atom. The van der Waals surface area contributed by atoms with Crippen molar-refractivity contribution in [3.05, 3.63) is 35.4 Å². The Kier molecular flexibility index (Phi) is 8.71. The Hall–Kier alpha value is -2.83. The van der Waals surface area contributed by atoms with Crippen LogP contribution < -0.4 is 14.4 Å². The third-order valence-corrected chi connectivity index (χ3v) is 6.65. The van der Waals surface area contributed by atoms with Crippen LogP contribution >= 0.6 is 11.8 Å². The topological polar surface area (TPSA) is 69.3 Å². The average Bonchev–Trinajstić information content (AvgIpc) is 2.83. The molecule has 1 aliphatic rings. The van der Waals surface area contributed by atoms with Crippen molar-refractivity contribution < 1.29 is 9.47 Å². The van der Waals surface area contributed by atoms with Crippen LogP contribution in [-0.4, -0.2) is 19.8 Å². The highest BCUT2D eigenvalue weighted by atomic mass is 32.2. The highest BCUT2D eigenvalue weighted by molar-refractivity contribution is 7.99. The Bertz CT molecular complexity index is 1020. The minimum absolute atomic E-state index is 0.270. The van der Waals surface area contributed by atoms with Crippen LogP contribution in [0.15, 0.2) is 34.1 Å². The summed E-state index contributed by atoms with van der Waals surface area (Å²) in [4.78, 5) is 4.14. The molecule has 0 radical (unpaired) electrons. The lowest BCUT2D eigenvalue weighted by Crippen LogP contribution is -2.22. The van der Waals surface area contributed by atoms with E-state index in [9.17, 15) is 10.5 Å². The van der Waals surface area contributed by atoms with Gasteiger partial charge < -0.3 is 14.4 Å². The maximum atomic E-state index is 10.1. The summed E-state index contributed by atoms with van der Waals surface area (Å²) in [6, 6.07) is 12.7. The van der Waals surface area contributed by atoms with Crippen LogP contribution in [0, 0.1) is 22.7 Å². The lowest BCUT2D eigenvalue weighted by molar-refractivity contribution is 0.291. The van der Waals surface area contributed by atoms with Crippen molar-refractivity contribution in [3.8, 4) is 23.6 Å². The number of rotatable bonds is 11. The quantitative estimate of drug-likeness (QED) is 0.338. The van der Waals surface area contributed by atoms with Crippen molar-refractivity contribution in [3.63, 3.8) is 0 Å². The summed E-state index contributed by atoms with van der Waals surface area (Å²) in [5.41, 5.74) is 2.47. The van der Waals surface area contributed by atoms with Crippen LogP contribution in [0.4, 0.5) is 11.4 Å². The number of nitriles is 2. The van der Waals surface area contributed by atoms with Crippen molar-refractivity contribution in [2.75, 3.05) is 24.7 Å². The summed E-state index contributed by atoms with van der Waals surface area (Å²) in [7, 11) is 0. The fourth-order valence-electron chi connectivity index (χ4n) is 3.88. The number of unbranched alkanes of at least 4 members (excludes halogenated alkanes) is 4. The first-order valence-corrected chi connectivity index (χ1v) is 12.4. The molecule has 0 amide bonds. The molecule has 2 aromatic rings. The zero-order chi connectivity index (χ0) is 22.9. The molecular formula is C26H31N3O2S. The lowest BCUT2D eigenvalue weighted by Gasteiger charge is -2.35. The van der Waals surface area contributed by atoms with Crippen LogP contribution in [0.25, 0.3) is 0 Å². The number of hydrogen-bond donors (Lipinski definition) is 0. The van der Waals surface area contributed by atoms with Crippen molar-refractivity contribution >= 4 is 23.1 Å². The van der Waals surface area contributed by atoms with E-state index in [1.54, 1.807) is 11.8 Å². The predicted octanol–water partition coefficient (Wildman–Crippen LogP) is 7.19. The smallest absolute Gasteiger partial charge is 0.163 e. The molecular weight excluding hydrogens is 418 g/mol. The molecule has 6 heteroatoms. The largest absolute Gasteiger partial charge is 0.491 e. The first-order chi connectivity index (χ1) is 15.7. The Morgan fingerprint density at radius 1 is 0.844 bits per heavy atom. The van der Waals surface area contributed by atoms with Gasteiger partial charge in [-0.2, -0.15) is 10.5 Å². The molecule has 1 aliphatic heterocycles. The fourth-order valence-corrected chi connectivity index (χ4v) is 5.08. The van der Waals surface area contributed by atoms with Gasteiger partial charge in [-0.25, -0.2) is 0 Å². The maximum Gasteiger partial charge on any atom is 0.163 e. The average molecular weight is 450 g/mol. The van der Waals surface area contributed by atoms with Crippen molar-refractivity contribution in [2.45, 2.75) is 69.1 Å². The molecule has 0 atom stereocenters. The number of anilines is 2. The van der Waals surface area contributed by atoms with Crippen LogP contribution in [-0.2, 0) is 0 Å². The molecule has 2 aromatic carbocycles. The monoisotopic (exact) mass is 449 g/mol. The summed E-state index contributed by atoms with van der Waals surface area (Å²) in [5.74, 6) is 1.01. The summed E-state index contributed by atoms with van der Waals surface area (Å²) in [6.07, 6.45) is 6.11. The van der Waals surface area contributed by atoms with Gasteiger partial charge in [-0.3, -0.25) is 0 Å². The fraction of sp³-hybridized carbons (Fsp3) is 0.462. The standard InChI is InChI=1S/C26H31N3O2S/c1-4-7-11-15-30-24-19(17-27)20(18-28)25(31-16-12-8-5-2)26-23(24)29(6-3)21-13-9-10-14-22(21)32-26/h9-10,13-14H,4-8,11-12,15-16H2,1-3H3. The normalized spacial score (nSPS) is 11.8. The molecule has 0 N–H and O–H groups in total. The van der Waals surface area contributed by atoms with Gasteiger partial charge in [-0.15, -0.1) is 0 Å². The lowest BCUT2D eigenvalue weighted by atomic mass is 10.0. The number of hydrogen-bond acceptors (Lipinski definition) is 6. The Labute approximate surface area is 195 Å². The van der Waals surface area contributed by atoms with Gasteiger partial charge in [0.2, 0.25) is 0 Å². The summed E-state index contributed by atoms with van der Waals surface area (Å²) in [6.45, 7) is 8.12. The van der Waals surface area contributed by atoms with E-state index < -0.39 is 0 Å². The molecule has 0 bridgehead atoms. The van der Waals surface area contributed by atoms with Crippen LogP contribution in [0.2, 0.25) is 0 Å². The van der Waals surface area contributed by atoms with E-state index in [2.05, 4.69) is 49.9 Å². The zero-order valence-electron chi connectivity index (χ0n) is 19.2. The van der Waals surface area contributed by atoms with Gasteiger partial charge in [0, 0.05) is 11.4 Å². The summed E-state index contributed by atoms with van der Waals surface area (Å²) < 4.78 is 12.4. The number of fused-ring (bicyclic) bond motifs is 2. The highest BCUT2D eigenvalue weighted by Gasteiger charge is 2.34. The number of benzene rings is 2. The van der Waals surface area contributed by atoms with Crippen LogP contribution in [0.1, 0.15) is 70.4 Å². The minimum Gasteiger partial charge on any atom is -0.491 e. The molecule has 0 spiro atoms. The summed E-state index contributed by atoms with van der Waals surface area (Å²) >= 11 is 1.59. The van der Waals surface area contributed by atoms with E-state index in [1.165, 1.54) is 0 Å². The molecule has 0 saturated carbocycles. The van der Waals surface area contributed by atoms with E-state index in [-0.39, 0.29) is 11.1 Å². The van der Waals surface area contributed by atoms with E-state index >= 15 is 0 Å². The molecule has 5 nitrogen and oxygen atoms in total. The molecule has 1 heterocycles. The van der Waals surface area contributed by atoms with Gasteiger partial charge in [-0.05, 0) is 31.9 Å². The number of nitrogens with zero attached hydrogens (tertiary/aromatic N) is 3. The second kappa shape index (κ2) is 11.7. The Morgan fingerprint density at radius 3 is 2.03 bits per heavy atom. The van der Waals surface area contributed by atoms with E-state index in [0.29, 0.717) is 31.3 Å². The van der Waals surface area contributed by atoms with E-state index in [4.69, 9.17) is 9.47 Å². The molecule has 168 valence electrons. The molecule has 0 fully saturated rings. The van der Waals surface area contributed by atoms with Gasteiger partial charge in [-0.1, -0.05) is 63.4 Å². The second-order valence-corrected chi connectivity index (χ2v) is 8.79. The first-order valence-electron chi connectivity index (χ1n) is 11.6. The predicted molar refractivity (Wildman–Crippen MR) is 129 cm³/mol. The molecule has 0 aromatic heterocycles. The summed E-state index contributed by atoms with van der Waals surface area (Å²) in [5, 5.41) is 20.1. The third kappa shape index (κ3) is 4.81. The minimum atomic E-state index is 0.270. The van der Waals surface area contributed by atoms with E-state index in [0.717, 1.165) is 59.7 Å². The Balaban J connectivity index is 2.18. The molecule has 3 rings (SSSR count). The number of ether oxygens (including phenoxy) is 2.